The number of carbonyl (C=O) groups excluding carboxylic acids is 1. The van der Waals surface area contributed by atoms with Gasteiger partial charge in [0.15, 0.2) is 6.61 Å². The van der Waals surface area contributed by atoms with Gasteiger partial charge in [0.25, 0.3) is 5.91 Å². The van der Waals surface area contributed by atoms with E-state index in [1.807, 2.05) is 0 Å². The summed E-state index contributed by atoms with van der Waals surface area (Å²) < 4.78 is 42.7. The fourth-order valence-corrected chi connectivity index (χ4v) is 2.00. The van der Waals surface area contributed by atoms with Crippen molar-refractivity contribution in [1.82, 2.24) is 4.90 Å². The lowest BCUT2D eigenvalue weighted by atomic mass is 10.1. The first-order valence-electron chi connectivity index (χ1n) is 6.39. The van der Waals surface area contributed by atoms with Crippen LogP contribution in [0.1, 0.15) is 6.42 Å². The summed E-state index contributed by atoms with van der Waals surface area (Å²) in [5.41, 5.74) is 5.49. The number of halogens is 3. The van der Waals surface area contributed by atoms with Gasteiger partial charge >= 0.3 is 6.18 Å². The highest BCUT2D eigenvalue weighted by molar-refractivity contribution is 5.78. The van der Waals surface area contributed by atoms with Crippen molar-refractivity contribution >= 4 is 11.6 Å². The summed E-state index contributed by atoms with van der Waals surface area (Å²) in [6.07, 6.45) is -3.47. The summed E-state index contributed by atoms with van der Waals surface area (Å²) in [6.45, 7) is -0.261. The maximum atomic E-state index is 12.5. The Balaban J connectivity index is 1.89. The SMILES string of the molecule is Nc1ccccc1OCC(=O)N1CC=C(C(F)(F)F)CC1. The summed E-state index contributed by atoms with van der Waals surface area (Å²) in [4.78, 5) is 13.2. The number of carbonyl (C=O) groups is 1. The molecule has 0 aliphatic carbocycles. The van der Waals surface area contributed by atoms with Crippen molar-refractivity contribution in [2.24, 2.45) is 0 Å². The van der Waals surface area contributed by atoms with E-state index in [0.717, 1.165) is 6.08 Å². The van der Waals surface area contributed by atoms with Gasteiger partial charge in [0, 0.05) is 18.7 Å². The number of amides is 1. The van der Waals surface area contributed by atoms with Crippen LogP contribution in [0.4, 0.5) is 18.9 Å². The van der Waals surface area contributed by atoms with Crippen LogP contribution in [-0.4, -0.2) is 36.7 Å². The summed E-state index contributed by atoms with van der Waals surface area (Å²) in [6, 6.07) is 6.72. The number of rotatable bonds is 3. The van der Waals surface area contributed by atoms with Gasteiger partial charge in [-0.25, -0.2) is 0 Å². The largest absolute Gasteiger partial charge is 0.482 e. The molecule has 7 heteroatoms. The van der Waals surface area contributed by atoms with E-state index < -0.39 is 11.7 Å². The molecular formula is C14H15F3N2O2. The minimum Gasteiger partial charge on any atom is -0.482 e. The molecule has 114 valence electrons. The van der Waals surface area contributed by atoms with Crippen LogP contribution in [0.25, 0.3) is 0 Å². The predicted molar refractivity (Wildman–Crippen MR) is 71.7 cm³/mol. The van der Waals surface area contributed by atoms with E-state index in [1.165, 1.54) is 4.90 Å². The molecule has 0 saturated heterocycles. The Hall–Kier alpha value is -2.18. The Bertz CT molecular complexity index is 555. The van der Waals surface area contributed by atoms with Crippen LogP contribution in [0.2, 0.25) is 0 Å². The van der Waals surface area contributed by atoms with Crippen molar-refractivity contribution in [2.45, 2.75) is 12.6 Å². The van der Waals surface area contributed by atoms with E-state index in [0.29, 0.717) is 11.4 Å². The number of benzene rings is 1. The van der Waals surface area contributed by atoms with Crippen LogP contribution in [0.15, 0.2) is 35.9 Å². The zero-order chi connectivity index (χ0) is 15.5. The molecule has 0 fully saturated rings. The molecule has 0 bridgehead atoms. The lowest BCUT2D eigenvalue weighted by molar-refractivity contribution is -0.134. The molecular weight excluding hydrogens is 285 g/mol. The molecule has 4 nitrogen and oxygen atoms in total. The first-order valence-corrected chi connectivity index (χ1v) is 6.39. The Morgan fingerprint density at radius 2 is 2.05 bits per heavy atom. The molecule has 0 saturated carbocycles. The molecule has 0 atom stereocenters. The molecule has 1 amide bonds. The van der Waals surface area contributed by atoms with Crippen molar-refractivity contribution < 1.29 is 22.7 Å². The third-order valence-corrected chi connectivity index (χ3v) is 3.20. The van der Waals surface area contributed by atoms with Gasteiger partial charge in [0.05, 0.1) is 5.69 Å². The van der Waals surface area contributed by atoms with E-state index in [9.17, 15) is 18.0 Å². The summed E-state index contributed by atoms with van der Waals surface area (Å²) in [5.74, 6) is 0.0186. The van der Waals surface area contributed by atoms with Gasteiger partial charge in [0.1, 0.15) is 5.75 Å². The number of hydrogen-bond donors (Lipinski definition) is 1. The molecule has 0 unspecified atom stereocenters. The fourth-order valence-electron chi connectivity index (χ4n) is 2.00. The molecule has 1 aliphatic heterocycles. The highest BCUT2D eigenvalue weighted by Crippen LogP contribution is 2.30. The number of nitrogen functional groups attached to an aromatic ring is 1. The van der Waals surface area contributed by atoms with E-state index in [-0.39, 0.29) is 32.0 Å². The molecule has 1 heterocycles. The van der Waals surface area contributed by atoms with Gasteiger partial charge < -0.3 is 15.4 Å². The van der Waals surface area contributed by atoms with Crippen LogP contribution in [0.5, 0.6) is 5.75 Å². The molecule has 21 heavy (non-hydrogen) atoms. The molecule has 1 aromatic carbocycles. The summed E-state index contributed by atoms with van der Waals surface area (Å²) in [5, 5.41) is 0. The molecule has 2 N–H and O–H groups in total. The minimum absolute atomic E-state index is 0.0395. The van der Waals surface area contributed by atoms with Crippen LogP contribution in [0, 0.1) is 0 Å². The van der Waals surface area contributed by atoms with Crippen molar-refractivity contribution in [3.8, 4) is 5.75 Å². The van der Waals surface area contributed by atoms with Gasteiger partial charge in [-0.05, 0) is 18.6 Å². The maximum absolute atomic E-state index is 12.5. The molecule has 0 spiro atoms. The summed E-state index contributed by atoms with van der Waals surface area (Å²) in [7, 11) is 0. The van der Waals surface area contributed by atoms with E-state index >= 15 is 0 Å². The number of ether oxygens (including phenoxy) is 1. The maximum Gasteiger partial charge on any atom is 0.412 e. The fraction of sp³-hybridized carbons (Fsp3) is 0.357. The standard InChI is InChI=1S/C14H15F3N2O2/c15-14(16,17)10-5-7-19(8-6-10)13(20)9-21-12-4-2-1-3-11(12)18/h1-5H,6-9,18H2. The zero-order valence-electron chi connectivity index (χ0n) is 11.2. The normalized spacial score (nSPS) is 15.6. The van der Waals surface area contributed by atoms with E-state index in [2.05, 4.69) is 0 Å². The molecule has 1 aromatic rings. The topological polar surface area (TPSA) is 55.6 Å². The quantitative estimate of drug-likeness (QED) is 0.689. The van der Waals surface area contributed by atoms with Crippen LogP contribution >= 0.6 is 0 Å². The van der Waals surface area contributed by atoms with Crippen LogP contribution in [-0.2, 0) is 4.79 Å². The summed E-state index contributed by atoms with van der Waals surface area (Å²) >= 11 is 0. The Morgan fingerprint density at radius 1 is 1.33 bits per heavy atom. The van der Waals surface area contributed by atoms with Gasteiger partial charge in [-0.2, -0.15) is 13.2 Å². The number of hydrogen-bond acceptors (Lipinski definition) is 3. The van der Waals surface area contributed by atoms with Gasteiger partial charge in [-0.15, -0.1) is 0 Å². The molecule has 0 aromatic heterocycles. The first kappa shape index (κ1) is 15.2. The van der Waals surface area contributed by atoms with Gasteiger partial charge in [-0.1, -0.05) is 18.2 Å². The monoisotopic (exact) mass is 300 g/mol. The second kappa shape index (κ2) is 6.07. The second-order valence-corrected chi connectivity index (χ2v) is 4.64. The van der Waals surface area contributed by atoms with E-state index in [1.54, 1.807) is 24.3 Å². The lowest BCUT2D eigenvalue weighted by Crippen LogP contribution is -2.39. The number of para-hydroxylation sites is 2. The van der Waals surface area contributed by atoms with Gasteiger partial charge in [-0.3, -0.25) is 4.79 Å². The molecule has 2 rings (SSSR count). The van der Waals surface area contributed by atoms with Crippen molar-refractivity contribution in [2.75, 3.05) is 25.4 Å². The Kier molecular flexibility index (Phi) is 4.40. The van der Waals surface area contributed by atoms with E-state index in [4.69, 9.17) is 10.5 Å². The second-order valence-electron chi connectivity index (χ2n) is 4.64. The third kappa shape index (κ3) is 3.90. The Labute approximate surface area is 120 Å². The smallest absolute Gasteiger partial charge is 0.412 e. The highest BCUT2D eigenvalue weighted by atomic mass is 19.4. The van der Waals surface area contributed by atoms with Crippen molar-refractivity contribution in [3.63, 3.8) is 0 Å². The van der Waals surface area contributed by atoms with Crippen LogP contribution < -0.4 is 10.5 Å². The highest BCUT2D eigenvalue weighted by Gasteiger charge is 2.35. The molecule has 1 aliphatic rings. The third-order valence-electron chi connectivity index (χ3n) is 3.20. The van der Waals surface area contributed by atoms with Crippen molar-refractivity contribution in [1.29, 1.82) is 0 Å². The number of alkyl halides is 3. The Morgan fingerprint density at radius 3 is 2.62 bits per heavy atom. The minimum atomic E-state index is -4.32. The average molecular weight is 300 g/mol. The predicted octanol–water partition coefficient (Wildman–Crippen LogP) is 2.37. The lowest BCUT2D eigenvalue weighted by Gasteiger charge is -2.27. The zero-order valence-corrected chi connectivity index (χ0v) is 11.2. The van der Waals surface area contributed by atoms with Crippen molar-refractivity contribution in [3.05, 3.63) is 35.9 Å². The number of nitrogens with two attached hydrogens (primary N) is 1. The molecule has 0 radical (unpaired) electrons. The number of anilines is 1. The van der Waals surface area contributed by atoms with Crippen LogP contribution in [0.3, 0.4) is 0 Å². The first-order chi connectivity index (χ1) is 9.88. The average Bonchev–Trinajstić information content (AvgIpc) is 2.45. The van der Waals surface area contributed by atoms with Gasteiger partial charge in [0.2, 0.25) is 0 Å². The number of nitrogens with zero attached hydrogens (tertiary/aromatic N) is 1.